The fraction of sp³-hybridized carbons (Fsp3) is 0.310. The minimum Gasteiger partial charge on any atom is -1.00 e. The molecule has 2 atom stereocenters. The Morgan fingerprint density at radius 1 is 0.917 bits per heavy atom. The number of nitrogens with two attached hydrogens (primary N) is 2. The normalized spacial score (nSPS) is 13.6. The summed E-state index contributed by atoms with van der Waals surface area (Å²) >= 11 is 0. The van der Waals surface area contributed by atoms with Crippen LogP contribution in [-0.2, 0) is 6.61 Å². The lowest BCUT2D eigenvalue weighted by Gasteiger charge is -2.18. The van der Waals surface area contributed by atoms with E-state index < -0.39 is 6.10 Å². The maximum absolute atomic E-state index is 10.7. The Morgan fingerprint density at radius 2 is 1.64 bits per heavy atom. The van der Waals surface area contributed by atoms with E-state index in [1.54, 1.807) is 0 Å². The number of quaternary nitrogens is 2. The first kappa shape index (κ1) is 29.8. The Kier molecular flexibility index (Phi) is 13.0. The van der Waals surface area contributed by atoms with E-state index in [0.717, 1.165) is 49.4 Å². The van der Waals surface area contributed by atoms with Gasteiger partial charge in [0.1, 0.15) is 36.4 Å². The predicted octanol–water partition coefficient (Wildman–Crippen LogP) is -3.12. The van der Waals surface area contributed by atoms with E-state index in [0.29, 0.717) is 6.61 Å². The van der Waals surface area contributed by atoms with Crippen LogP contribution in [0, 0.1) is 0 Å². The lowest BCUT2D eigenvalue weighted by molar-refractivity contribution is -0.694. The minimum atomic E-state index is -0.498. The standard InChI is InChI=1S/C29H35N3O2.2ClH/c1-22(29(33)24-12-14-26(15-13-24)34-21-23-8-3-2-4-9-23)31-18-7-17-30-19-16-25-20-32-28-11-6-5-10-27(25)28;;/h2-6,8-15,20,22,29-33H,7,16-19,21H2,1H3;2*1H. The molecule has 5 nitrogen and oxygen atoms in total. The van der Waals surface area contributed by atoms with Gasteiger partial charge in [-0.2, -0.15) is 0 Å². The SMILES string of the molecule is CC([NH2+]CCCNCCC1=C[NH2+]c2ccccc21)C(O)c1ccc(OCc2ccccc2)cc1.[Cl-].[Cl-]. The topological polar surface area (TPSA) is 74.7 Å². The van der Waals surface area contributed by atoms with Crippen molar-refractivity contribution >= 4 is 11.3 Å². The van der Waals surface area contributed by atoms with Crippen molar-refractivity contribution in [3.05, 3.63) is 102 Å². The summed E-state index contributed by atoms with van der Waals surface area (Å²) in [6, 6.07) is 26.6. The highest BCUT2D eigenvalue weighted by Crippen LogP contribution is 2.25. The molecule has 0 saturated heterocycles. The maximum atomic E-state index is 10.7. The summed E-state index contributed by atoms with van der Waals surface area (Å²) in [5, 5.41) is 18.7. The molecule has 2 unspecified atom stereocenters. The molecule has 0 bridgehead atoms. The van der Waals surface area contributed by atoms with Crippen LogP contribution in [0.2, 0.25) is 0 Å². The van der Waals surface area contributed by atoms with Crippen molar-refractivity contribution in [1.29, 1.82) is 0 Å². The van der Waals surface area contributed by atoms with Crippen molar-refractivity contribution in [3.8, 4) is 5.75 Å². The first-order valence-corrected chi connectivity index (χ1v) is 12.3. The van der Waals surface area contributed by atoms with Crippen molar-refractivity contribution < 1.29 is 45.3 Å². The smallest absolute Gasteiger partial charge is 0.141 e. The van der Waals surface area contributed by atoms with E-state index in [1.165, 1.54) is 16.8 Å². The molecule has 4 rings (SSSR count). The zero-order valence-electron chi connectivity index (χ0n) is 20.7. The summed E-state index contributed by atoms with van der Waals surface area (Å²) in [7, 11) is 0. The first-order chi connectivity index (χ1) is 16.7. The Labute approximate surface area is 227 Å². The average Bonchev–Trinajstić information content (AvgIpc) is 3.30. The fourth-order valence-electron chi connectivity index (χ4n) is 4.32. The molecular formula is C29H37Cl2N3O2. The lowest BCUT2D eigenvalue weighted by Crippen LogP contribution is -3.00. The minimum absolute atomic E-state index is 0. The largest absolute Gasteiger partial charge is 1.00 e. The molecule has 194 valence electrons. The van der Waals surface area contributed by atoms with E-state index in [1.807, 2.05) is 42.5 Å². The lowest BCUT2D eigenvalue weighted by atomic mass is 10.0. The zero-order valence-corrected chi connectivity index (χ0v) is 22.3. The van der Waals surface area contributed by atoms with Gasteiger partial charge >= 0.3 is 0 Å². The summed E-state index contributed by atoms with van der Waals surface area (Å²) in [4.78, 5) is 0. The fourth-order valence-corrected chi connectivity index (χ4v) is 4.32. The molecular weight excluding hydrogens is 493 g/mol. The molecule has 0 fully saturated rings. The maximum Gasteiger partial charge on any atom is 0.141 e. The van der Waals surface area contributed by atoms with E-state index >= 15 is 0 Å². The summed E-state index contributed by atoms with van der Waals surface area (Å²) in [6.07, 6.45) is 3.87. The van der Waals surface area contributed by atoms with Gasteiger partial charge in [-0.1, -0.05) is 54.6 Å². The van der Waals surface area contributed by atoms with E-state index in [4.69, 9.17) is 4.74 Å². The zero-order chi connectivity index (χ0) is 23.6. The second kappa shape index (κ2) is 15.7. The van der Waals surface area contributed by atoms with Gasteiger partial charge in [0.05, 0.1) is 6.54 Å². The highest BCUT2D eigenvalue weighted by molar-refractivity contribution is 5.74. The van der Waals surface area contributed by atoms with E-state index in [2.05, 4.69) is 65.5 Å². The quantitative estimate of drug-likeness (QED) is 0.140. The van der Waals surface area contributed by atoms with E-state index in [9.17, 15) is 5.11 Å². The molecule has 6 N–H and O–H groups in total. The van der Waals surface area contributed by atoms with Gasteiger partial charge in [0.25, 0.3) is 0 Å². The third-order valence-electron chi connectivity index (χ3n) is 6.41. The number of benzene rings is 3. The van der Waals surface area contributed by atoms with Crippen LogP contribution in [0.4, 0.5) is 5.69 Å². The number of aliphatic hydroxyl groups is 1. The molecule has 0 radical (unpaired) electrons. The number of rotatable bonds is 13. The van der Waals surface area contributed by atoms with Crippen LogP contribution in [0.5, 0.6) is 5.75 Å². The van der Waals surface area contributed by atoms with Crippen LogP contribution in [0.3, 0.4) is 0 Å². The predicted molar refractivity (Wildman–Crippen MR) is 137 cm³/mol. The van der Waals surface area contributed by atoms with Crippen LogP contribution in [0.15, 0.2) is 85.1 Å². The molecule has 3 aromatic carbocycles. The number of aliphatic hydroxyl groups excluding tert-OH is 1. The molecule has 0 spiro atoms. The molecule has 1 heterocycles. The van der Waals surface area contributed by atoms with Crippen LogP contribution in [0.25, 0.3) is 5.57 Å². The van der Waals surface area contributed by atoms with Crippen molar-refractivity contribution in [2.45, 2.75) is 38.5 Å². The average molecular weight is 531 g/mol. The Bertz CT molecular complexity index is 1060. The van der Waals surface area contributed by atoms with Gasteiger partial charge in [-0.05, 0) is 49.2 Å². The number of ether oxygens (including phenoxy) is 1. The van der Waals surface area contributed by atoms with Gasteiger partial charge in [-0.15, -0.1) is 0 Å². The second-order valence-electron chi connectivity index (χ2n) is 8.97. The van der Waals surface area contributed by atoms with Gasteiger partial charge in [0, 0.05) is 30.2 Å². The number of para-hydroxylation sites is 1. The van der Waals surface area contributed by atoms with Crippen molar-refractivity contribution in [1.82, 2.24) is 5.32 Å². The molecule has 3 aromatic rings. The van der Waals surface area contributed by atoms with Crippen molar-refractivity contribution in [3.63, 3.8) is 0 Å². The molecule has 0 amide bonds. The summed E-state index contributed by atoms with van der Waals surface area (Å²) < 4.78 is 5.85. The van der Waals surface area contributed by atoms with Gasteiger partial charge in [0.15, 0.2) is 0 Å². The second-order valence-corrected chi connectivity index (χ2v) is 8.97. The monoisotopic (exact) mass is 529 g/mol. The summed E-state index contributed by atoms with van der Waals surface area (Å²) in [5.74, 6) is 0.817. The first-order valence-electron chi connectivity index (χ1n) is 12.3. The van der Waals surface area contributed by atoms with Crippen LogP contribution in [0.1, 0.15) is 42.6 Å². The Balaban J connectivity index is 0.00000228. The van der Waals surface area contributed by atoms with E-state index in [-0.39, 0.29) is 30.9 Å². The van der Waals surface area contributed by atoms with Crippen molar-refractivity contribution in [2.24, 2.45) is 0 Å². The molecule has 1 aliphatic heterocycles. The van der Waals surface area contributed by atoms with Gasteiger partial charge in [-0.25, -0.2) is 0 Å². The third-order valence-corrected chi connectivity index (χ3v) is 6.41. The Hall–Kier alpha value is -2.38. The molecule has 0 aromatic heterocycles. The number of fused-ring (bicyclic) bond motifs is 1. The molecule has 7 heteroatoms. The Morgan fingerprint density at radius 3 is 2.42 bits per heavy atom. The molecule has 1 aliphatic rings. The van der Waals surface area contributed by atoms with Gasteiger partial charge in [-0.3, -0.25) is 5.32 Å². The number of halogens is 2. The summed E-state index contributed by atoms with van der Waals surface area (Å²) in [6.45, 7) is 5.60. The van der Waals surface area contributed by atoms with Gasteiger partial charge in [0.2, 0.25) is 0 Å². The summed E-state index contributed by atoms with van der Waals surface area (Å²) in [5.41, 5.74) is 6.19. The highest BCUT2D eigenvalue weighted by Gasteiger charge is 2.19. The number of hydrogen-bond donors (Lipinski definition) is 4. The number of hydrogen-bond acceptors (Lipinski definition) is 3. The molecule has 0 aliphatic carbocycles. The molecule has 0 saturated carbocycles. The van der Waals surface area contributed by atoms with Crippen LogP contribution in [-0.4, -0.2) is 30.8 Å². The highest BCUT2D eigenvalue weighted by atomic mass is 35.5. The third kappa shape index (κ3) is 8.63. The van der Waals surface area contributed by atoms with Gasteiger partial charge < -0.3 is 45.3 Å². The molecule has 36 heavy (non-hydrogen) atoms. The van der Waals surface area contributed by atoms with Crippen LogP contribution >= 0.6 is 0 Å². The number of nitrogens with one attached hydrogen (secondary N) is 1. The van der Waals surface area contributed by atoms with Crippen molar-refractivity contribution in [2.75, 3.05) is 19.6 Å². The van der Waals surface area contributed by atoms with Crippen LogP contribution < -0.4 is 45.5 Å².